The number of nitrogens with one attached hydrogen (secondary N) is 1. The van der Waals surface area contributed by atoms with Gasteiger partial charge in [-0.3, -0.25) is 0 Å². The number of rotatable bonds is 6. The molecule has 0 radical (unpaired) electrons. The highest BCUT2D eigenvalue weighted by molar-refractivity contribution is 9.10. The first-order valence-corrected chi connectivity index (χ1v) is 7.70. The zero-order chi connectivity index (χ0) is 15.2. The molecule has 1 N–H and O–H groups in total. The van der Waals surface area contributed by atoms with Gasteiger partial charge in [-0.05, 0) is 25.2 Å². The molecule has 0 spiro atoms. The second-order valence-corrected chi connectivity index (χ2v) is 5.83. The number of ether oxygens (including phenoxy) is 2. The molecule has 0 saturated carbocycles. The molecule has 0 aliphatic carbocycles. The number of halogens is 2. The van der Waals surface area contributed by atoms with Crippen LogP contribution in [0, 0.1) is 0 Å². The molecule has 0 aromatic heterocycles. The molecule has 0 aliphatic rings. The lowest BCUT2D eigenvalue weighted by Gasteiger charge is -2.16. The van der Waals surface area contributed by atoms with Crippen LogP contribution in [0.1, 0.15) is 11.1 Å². The minimum absolute atomic E-state index is 0.397. The lowest BCUT2D eigenvalue weighted by Crippen LogP contribution is -2.09. The first-order valence-electron chi connectivity index (χ1n) is 6.53. The van der Waals surface area contributed by atoms with E-state index in [4.69, 9.17) is 21.1 Å². The highest BCUT2D eigenvalue weighted by Gasteiger charge is 2.13. The Balaban J connectivity index is 2.27. The lowest BCUT2D eigenvalue weighted by atomic mass is 10.1. The zero-order valence-electron chi connectivity index (χ0n) is 12.0. The van der Waals surface area contributed by atoms with E-state index in [0.717, 1.165) is 21.3 Å². The summed E-state index contributed by atoms with van der Waals surface area (Å²) in [5, 5.41) is 3.83. The van der Waals surface area contributed by atoms with Crippen LogP contribution in [0.2, 0.25) is 5.02 Å². The van der Waals surface area contributed by atoms with E-state index in [9.17, 15) is 0 Å². The van der Waals surface area contributed by atoms with Crippen LogP contribution < -0.4 is 14.8 Å². The summed E-state index contributed by atoms with van der Waals surface area (Å²) in [5.41, 5.74) is 1.97. The first kappa shape index (κ1) is 16.1. The van der Waals surface area contributed by atoms with E-state index in [0.29, 0.717) is 23.9 Å². The molecule has 112 valence electrons. The van der Waals surface area contributed by atoms with E-state index in [-0.39, 0.29) is 0 Å². The van der Waals surface area contributed by atoms with Crippen molar-refractivity contribution in [2.24, 2.45) is 0 Å². The second kappa shape index (κ2) is 7.69. The fourth-order valence-electron chi connectivity index (χ4n) is 2.03. The van der Waals surface area contributed by atoms with Gasteiger partial charge in [-0.1, -0.05) is 45.7 Å². The Morgan fingerprint density at radius 2 is 1.95 bits per heavy atom. The predicted octanol–water partition coefficient (Wildman–Crippen LogP) is 4.41. The van der Waals surface area contributed by atoms with Crippen LogP contribution in [0.25, 0.3) is 0 Å². The molecule has 0 fully saturated rings. The molecule has 2 rings (SSSR count). The Hall–Kier alpha value is -1.23. The fourth-order valence-corrected chi connectivity index (χ4v) is 2.70. The Morgan fingerprint density at radius 1 is 1.19 bits per heavy atom. The lowest BCUT2D eigenvalue weighted by molar-refractivity contribution is 0.281. The third kappa shape index (κ3) is 4.13. The Labute approximate surface area is 138 Å². The average Bonchev–Trinajstić information content (AvgIpc) is 2.47. The molecule has 5 heteroatoms. The van der Waals surface area contributed by atoms with E-state index in [1.54, 1.807) is 7.11 Å². The van der Waals surface area contributed by atoms with Gasteiger partial charge in [-0.15, -0.1) is 0 Å². The molecular formula is C16H17BrClNO2. The van der Waals surface area contributed by atoms with E-state index in [1.807, 2.05) is 43.4 Å². The fraction of sp³-hybridized carbons (Fsp3) is 0.250. The van der Waals surface area contributed by atoms with Crippen LogP contribution in [0.15, 0.2) is 40.9 Å². The monoisotopic (exact) mass is 369 g/mol. The Kier molecular flexibility index (Phi) is 5.91. The molecule has 3 nitrogen and oxygen atoms in total. The standard InChI is InChI=1S/C16H17BrClNO2/c1-19-9-12-7-13(17)8-15(20-2)16(12)21-10-11-5-3-4-6-14(11)18/h3-8,19H,9-10H2,1-2H3. The molecular weight excluding hydrogens is 354 g/mol. The summed E-state index contributed by atoms with van der Waals surface area (Å²) in [5.74, 6) is 1.43. The molecule has 0 aliphatic heterocycles. The topological polar surface area (TPSA) is 30.5 Å². The predicted molar refractivity (Wildman–Crippen MR) is 89.2 cm³/mol. The molecule has 2 aromatic rings. The molecule has 0 atom stereocenters. The Bertz CT molecular complexity index is 619. The van der Waals surface area contributed by atoms with Crippen molar-refractivity contribution < 1.29 is 9.47 Å². The van der Waals surface area contributed by atoms with Crippen LogP contribution in [0.5, 0.6) is 11.5 Å². The van der Waals surface area contributed by atoms with Gasteiger partial charge in [-0.25, -0.2) is 0 Å². The number of benzene rings is 2. The average molecular weight is 371 g/mol. The van der Waals surface area contributed by atoms with Crippen molar-refractivity contribution in [3.8, 4) is 11.5 Å². The largest absolute Gasteiger partial charge is 0.493 e. The third-order valence-corrected chi connectivity index (χ3v) is 3.84. The summed E-state index contributed by atoms with van der Waals surface area (Å²) < 4.78 is 12.3. The minimum Gasteiger partial charge on any atom is -0.493 e. The van der Waals surface area contributed by atoms with E-state index in [1.165, 1.54) is 0 Å². The molecule has 21 heavy (non-hydrogen) atoms. The SMILES string of the molecule is CNCc1cc(Br)cc(OC)c1OCc1ccccc1Cl. The minimum atomic E-state index is 0.397. The van der Waals surface area contributed by atoms with Gasteiger partial charge in [0.15, 0.2) is 11.5 Å². The quantitative estimate of drug-likeness (QED) is 0.817. The summed E-state index contributed by atoms with van der Waals surface area (Å²) in [6.45, 7) is 1.09. The maximum Gasteiger partial charge on any atom is 0.166 e. The normalized spacial score (nSPS) is 10.5. The number of hydrogen-bond donors (Lipinski definition) is 1. The first-order chi connectivity index (χ1) is 10.2. The number of hydrogen-bond acceptors (Lipinski definition) is 3. The van der Waals surface area contributed by atoms with Crippen LogP contribution in [-0.2, 0) is 13.2 Å². The van der Waals surface area contributed by atoms with E-state index in [2.05, 4.69) is 21.2 Å². The molecule has 0 unspecified atom stereocenters. The zero-order valence-corrected chi connectivity index (χ0v) is 14.3. The highest BCUT2D eigenvalue weighted by atomic mass is 79.9. The van der Waals surface area contributed by atoms with Gasteiger partial charge < -0.3 is 14.8 Å². The van der Waals surface area contributed by atoms with Crippen LogP contribution >= 0.6 is 27.5 Å². The maximum absolute atomic E-state index is 6.16. The van der Waals surface area contributed by atoms with Gasteiger partial charge in [0.2, 0.25) is 0 Å². The summed E-state index contributed by atoms with van der Waals surface area (Å²) >= 11 is 9.64. The van der Waals surface area contributed by atoms with E-state index < -0.39 is 0 Å². The summed E-state index contributed by atoms with van der Waals surface area (Å²) in [6.07, 6.45) is 0. The van der Waals surface area contributed by atoms with Crippen molar-refractivity contribution in [3.05, 3.63) is 57.0 Å². The summed E-state index contributed by atoms with van der Waals surface area (Å²) in [7, 11) is 3.53. The van der Waals surface area contributed by atoms with Crippen LogP contribution in [-0.4, -0.2) is 14.2 Å². The molecule has 0 amide bonds. The van der Waals surface area contributed by atoms with Gasteiger partial charge in [0.25, 0.3) is 0 Å². The molecule has 2 aromatic carbocycles. The van der Waals surface area contributed by atoms with Gasteiger partial charge in [-0.2, -0.15) is 0 Å². The van der Waals surface area contributed by atoms with Gasteiger partial charge >= 0.3 is 0 Å². The van der Waals surface area contributed by atoms with Crippen molar-refractivity contribution in [1.82, 2.24) is 5.32 Å². The number of methoxy groups -OCH3 is 1. The summed E-state index contributed by atoms with van der Waals surface area (Å²) in [4.78, 5) is 0. The van der Waals surface area contributed by atoms with Gasteiger partial charge in [0.1, 0.15) is 6.61 Å². The van der Waals surface area contributed by atoms with Gasteiger partial charge in [0.05, 0.1) is 7.11 Å². The maximum atomic E-state index is 6.16. The van der Waals surface area contributed by atoms with Crippen LogP contribution in [0.3, 0.4) is 0 Å². The van der Waals surface area contributed by atoms with Crippen molar-refractivity contribution in [3.63, 3.8) is 0 Å². The van der Waals surface area contributed by atoms with E-state index >= 15 is 0 Å². The summed E-state index contributed by atoms with van der Waals surface area (Å²) in [6, 6.07) is 11.6. The second-order valence-electron chi connectivity index (χ2n) is 4.51. The smallest absolute Gasteiger partial charge is 0.166 e. The van der Waals surface area contributed by atoms with Gasteiger partial charge in [0, 0.05) is 27.2 Å². The molecule has 0 bridgehead atoms. The van der Waals surface area contributed by atoms with Crippen molar-refractivity contribution >= 4 is 27.5 Å². The third-order valence-electron chi connectivity index (χ3n) is 3.01. The highest BCUT2D eigenvalue weighted by Crippen LogP contribution is 2.35. The van der Waals surface area contributed by atoms with Crippen molar-refractivity contribution in [2.75, 3.05) is 14.2 Å². The molecule has 0 saturated heterocycles. The molecule has 0 heterocycles. The van der Waals surface area contributed by atoms with Crippen molar-refractivity contribution in [2.45, 2.75) is 13.2 Å². The van der Waals surface area contributed by atoms with Crippen LogP contribution in [0.4, 0.5) is 0 Å². The Morgan fingerprint density at radius 3 is 2.62 bits per heavy atom. The van der Waals surface area contributed by atoms with Crippen molar-refractivity contribution in [1.29, 1.82) is 0 Å².